The van der Waals surface area contributed by atoms with Crippen LogP contribution in [0, 0.1) is 12.8 Å². The number of hydrogen-bond acceptors (Lipinski definition) is 4. The Labute approximate surface area is 178 Å². The van der Waals surface area contributed by atoms with Crippen LogP contribution in [0.15, 0.2) is 47.4 Å². The second kappa shape index (κ2) is 8.30. The second-order valence-corrected chi connectivity index (χ2v) is 9.89. The molecule has 0 radical (unpaired) electrons. The van der Waals surface area contributed by atoms with Gasteiger partial charge in [0.1, 0.15) is 5.75 Å². The van der Waals surface area contributed by atoms with Gasteiger partial charge in [-0.25, -0.2) is 8.42 Å². The number of rotatable bonds is 5. The van der Waals surface area contributed by atoms with E-state index in [-0.39, 0.29) is 10.8 Å². The molecule has 1 heterocycles. The number of ether oxygens (including phenoxy) is 1. The minimum absolute atomic E-state index is 0.0524. The van der Waals surface area contributed by atoms with E-state index in [9.17, 15) is 13.2 Å². The first-order valence-corrected chi connectivity index (χ1v) is 12.0. The Bertz CT molecular complexity index is 1030. The van der Waals surface area contributed by atoms with Gasteiger partial charge in [-0.05, 0) is 74.1 Å². The molecule has 1 aliphatic heterocycles. The summed E-state index contributed by atoms with van der Waals surface area (Å²) < 4.78 is 33.5. The molecule has 2 aliphatic rings. The largest absolute Gasteiger partial charge is 0.497 e. The Morgan fingerprint density at radius 1 is 1.07 bits per heavy atom. The van der Waals surface area contributed by atoms with Crippen molar-refractivity contribution in [1.82, 2.24) is 4.90 Å². The van der Waals surface area contributed by atoms with Crippen molar-refractivity contribution in [2.75, 3.05) is 18.4 Å². The predicted molar refractivity (Wildman–Crippen MR) is 116 cm³/mol. The third-order valence-corrected chi connectivity index (χ3v) is 7.74. The van der Waals surface area contributed by atoms with Gasteiger partial charge in [0.2, 0.25) is 0 Å². The third-order valence-electron chi connectivity index (χ3n) is 6.36. The summed E-state index contributed by atoms with van der Waals surface area (Å²) >= 11 is 0. The van der Waals surface area contributed by atoms with Crippen molar-refractivity contribution in [3.8, 4) is 5.75 Å². The molecule has 1 N–H and O–H groups in total. The molecule has 1 amide bonds. The number of methoxy groups -OCH3 is 1. The van der Waals surface area contributed by atoms with E-state index in [1.165, 1.54) is 18.9 Å². The zero-order valence-corrected chi connectivity index (χ0v) is 18.2. The number of nitrogens with one attached hydrogen (secondary N) is 1. The fraction of sp³-hybridized carbons (Fsp3) is 0.435. The van der Waals surface area contributed by atoms with Gasteiger partial charge in [0.25, 0.3) is 15.9 Å². The fourth-order valence-corrected chi connectivity index (χ4v) is 5.77. The van der Waals surface area contributed by atoms with Crippen molar-refractivity contribution < 1.29 is 17.9 Å². The highest BCUT2D eigenvalue weighted by Gasteiger charge is 2.38. The lowest BCUT2D eigenvalue weighted by atomic mass is 9.85. The van der Waals surface area contributed by atoms with Crippen molar-refractivity contribution in [2.24, 2.45) is 5.92 Å². The lowest BCUT2D eigenvalue weighted by Gasteiger charge is -2.32. The van der Waals surface area contributed by atoms with Crippen LogP contribution in [-0.2, 0) is 10.0 Å². The number of fused-ring (bicyclic) bond motifs is 1. The summed E-state index contributed by atoms with van der Waals surface area (Å²) in [6.45, 7) is 2.61. The lowest BCUT2D eigenvalue weighted by molar-refractivity contribution is 0.0689. The molecule has 6 nitrogen and oxygen atoms in total. The van der Waals surface area contributed by atoms with Crippen LogP contribution in [0.3, 0.4) is 0 Å². The Balaban J connectivity index is 1.58. The molecule has 2 aromatic carbocycles. The van der Waals surface area contributed by atoms with Gasteiger partial charge in [-0.3, -0.25) is 9.52 Å². The molecule has 1 saturated heterocycles. The van der Waals surface area contributed by atoms with E-state index in [4.69, 9.17) is 4.74 Å². The lowest BCUT2D eigenvalue weighted by Crippen LogP contribution is -2.39. The van der Waals surface area contributed by atoms with E-state index in [2.05, 4.69) is 4.72 Å². The van der Waals surface area contributed by atoms with Gasteiger partial charge >= 0.3 is 0 Å². The van der Waals surface area contributed by atoms with Gasteiger partial charge in [-0.15, -0.1) is 0 Å². The Morgan fingerprint density at radius 3 is 2.53 bits per heavy atom. The van der Waals surface area contributed by atoms with Crippen molar-refractivity contribution in [3.05, 3.63) is 53.6 Å². The van der Waals surface area contributed by atoms with E-state index in [0.717, 1.165) is 31.4 Å². The van der Waals surface area contributed by atoms with Gasteiger partial charge in [0.15, 0.2) is 0 Å². The quantitative estimate of drug-likeness (QED) is 0.774. The molecule has 0 bridgehead atoms. The summed E-state index contributed by atoms with van der Waals surface area (Å²) in [5, 5.41) is 0. The first kappa shape index (κ1) is 20.7. The van der Waals surface area contributed by atoms with E-state index < -0.39 is 10.0 Å². The van der Waals surface area contributed by atoms with E-state index in [1.54, 1.807) is 43.5 Å². The maximum atomic E-state index is 13.3. The molecule has 0 spiro atoms. The number of carbonyl (C=O) groups excluding carboxylic acids is 1. The molecule has 1 saturated carbocycles. The van der Waals surface area contributed by atoms with Crippen molar-refractivity contribution in [3.63, 3.8) is 0 Å². The molecule has 4 rings (SSSR count). The fourth-order valence-electron chi connectivity index (χ4n) is 4.68. The minimum atomic E-state index is -3.81. The predicted octanol–water partition coefficient (Wildman–Crippen LogP) is 4.21. The van der Waals surface area contributed by atoms with Crippen LogP contribution in [0.4, 0.5) is 5.69 Å². The van der Waals surface area contributed by atoms with E-state index in [0.29, 0.717) is 29.0 Å². The van der Waals surface area contributed by atoms with Crippen LogP contribution >= 0.6 is 0 Å². The molecule has 30 heavy (non-hydrogen) atoms. The first-order valence-electron chi connectivity index (χ1n) is 10.5. The number of amides is 1. The smallest absolute Gasteiger partial charge is 0.261 e. The molecule has 2 unspecified atom stereocenters. The monoisotopic (exact) mass is 428 g/mol. The number of anilines is 1. The van der Waals surface area contributed by atoms with Crippen LogP contribution in [0.1, 0.15) is 48.0 Å². The Kier molecular flexibility index (Phi) is 5.73. The average Bonchev–Trinajstić information content (AvgIpc) is 3.18. The Hall–Kier alpha value is -2.54. The average molecular weight is 429 g/mol. The minimum Gasteiger partial charge on any atom is -0.497 e. The number of sulfonamides is 1. The van der Waals surface area contributed by atoms with Crippen LogP contribution in [0.5, 0.6) is 5.75 Å². The molecular weight excluding hydrogens is 400 g/mol. The highest BCUT2D eigenvalue weighted by Crippen LogP contribution is 2.37. The van der Waals surface area contributed by atoms with E-state index >= 15 is 0 Å². The summed E-state index contributed by atoms with van der Waals surface area (Å²) in [4.78, 5) is 15.4. The number of aryl methyl sites for hydroxylation is 1. The van der Waals surface area contributed by atoms with Crippen molar-refractivity contribution in [2.45, 2.75) is 50.0 Å². The maximum absolute atomic E-state index is 13.3. The standard InChI is InChI=1S/C23H28N2O4S/c1-16-7-12-20(30(27,28)24-18-8-10-19(29-2)11-9-18)15-21(16)23(26)25-14-13-17-5-3-4-6-22(17)25/h7-12,15,17,22,24H,3-6,13-14H2,1-2H3. The number of benzene rings is 2. The highest BCUT2D eigenvalue weighted by atomic mass is 32.2. The van der Waals surface area contributed by atoms with E-state index in [1.807, 2.05) is 11.8 Å². The number of likely N-dealkylation sites (tertiary alicyclic amines) is 1. The SMILES string of the molecule is COc1ccc(NS(=O)(=O)c2ccc(C)c(C(=O)N3CCC4CCCCC43)c2)cc1. The third kappa shape index (κ3) is 4.03. The van der Waals surface area contributed by atoms with Gasteiger partial charge in [-0.1, -0.05) is 18.9 Å². The molecule has 1 aliphatic carbocycles. The number of hydrogen-bond donors (Lipinski definition) is 1. The molecule has 2 atom stereocenters. The summed E-state index contributed by atoms with van der Waals surface area (Å²) in [5.74, 6) is 1.18. The van der Waals surface area contributed by atoms with Gasteiger partial charge in [0, 0.05) is 23.8 Å². The molecular formula is C23H28N2O4S. The Morgan fingerprint density at radius 2 is 1.80 bits per heavy atom. The summed E-state index contributed by atoms with van der Waals surface area (Å²) in [7, 11) is -2.26. The molecule has 7 heteroatoms. The zero-order valence-electron chi connectivity index (χ0n) is 17.4. The molecule has 160 valence electrons. The maximum Gasteiger partial charge on any atom is 0.261 e. The molecule has 0 aromatic heterocycles. The topological polar surface area (TPSA) is 75.7 Å². The van der Waals surface area contributed by atoms with Crippen LogP contribution in [-0.4, -0.2) is 38.9 Å². The summed E-state index contributed by atoms with van der Waals surface area (Å²) in [6.07, 6.45) is 5.68. The van der Waals surface area contributed by atoms with Crippen molar-refractivity contribution in [1.29, 1.82) is 0 Å². The van der Waals surface area contributed by atoms with Gasteiger partial charge in [-0.2, -0.15) is 0 Å². The van der Waals surface area contributed by atoms with Gasteiger partial charge in [0.05, 0.1) is 12.0 Å². The van der Waals surface area contributed by atoms with Crippen LogP contribution in [0.2, 0.25) is 0 Å². The molecule has 2 fully saturated rings. The van der Waals surface area contributed by atoms with Gasteiger partial charge < -0.3 is 9.64 Å². The normalized spacial score (nSPS) is 21.2. The second-order valence-electron chi connectivity index (χ2n) is 8.21. The molecule has 2 aromatic rings. The van der Waals surface area contributed by atoms with Crippen molar-refractivity contribution >= 4 is 21.6 Å². The number of carbonyl (C=O) groups is 1. The zero-order chi connectivity index (χ0) is 21.3. The highest BCUT2D eigenvalue weighted by molar-refractivity contribution is 7.92. The first-order chi connectivity index (χ1) is 14.4. The van der Waals surface area contributed by atoms with Crippen LogP contribution < -0.4 is 9.46 Å². The number of nitrogens with zero attached hydrogens (tertiary/aromatic N) is 1. The summed E-state index contributed by atoms with van der Waals surface area (Å²) in [6, 6.07) is 11.7. The summed E-state index contributed by atoms with van der Waals surface area (Å²) in [5.41, 5.74) is 1.70. The van der Waals surface area contributed by atoms with Crippen LogP contribution in [0.25, 0.3) is 0 Å².